The maximum Gasteiger partial charge on any atom is 0.408 e. The summed E-state index contributed by atoms with van der Waals surface area (Å²) in [5, 5.41) is 13.9. The molecule has 0 radical (unpaired) electrons. The van der Waals surface area contributed by atoms with E-state index in [0.29, 0.717) is 13.0 Å². The lowest BCUT2D eigenvalue weighted by Crippen LogP contribution is -2.60. The summed E-state index contributed by atoms with van der Waals surface area (Å²) in [4.78, 5) is 35.9. The van der Waals surface area contributed by atoms with Crippen LogP contribution in [0.2, 0.25) is 0 Å². The average Bonchev–Trinajstić information content (AvgIpc) is 3.41. The molecule has 0 spiro atoms. The fourth-order valence-electron chi connectivity index (χ4n) is 4.29. The summed E-state index contributed by atoms with van der Waals surface area (Å²) in [5.41, 5.74) is 3.23. The van der Waals surface area contributed by atoms with Crippen LogP contribution in [-0.2, 0) is 23.8 Å². The van der Waals surface area contributed by atoms with Crippen LogP contribution in [0.3, 0.4) is 0 Å². The third kappa shape index (κ3) is 4.99. The Morgan fingerprint density at radius 2 is 1.73 bits per heavy atom. The van der Waals surface area contributed by atoms with Crippen molar-refractivity contribution in [3.63, 3.8) is 0 Å². The molecule has 1 atom stereocenters. The maximum absolute atomic E-state index is 12.8. The third-order valence-corrected chi connectivity index (χ3v) is 5.90. The van der Waals surface area contributed by atoms with Gasteiger partial charge in [0.1, 0.15) is 18.8 Å². The number of carbonyl (C=O) groups excluding carboxylic acids is 2. The molecule has 0 saturated carbocycles. The molecule has 4 rings (SSSR count). The smallest absolute Gasteiger partial charge is 0.408 e. The SMILES string of the molecule is O=C(O)COCCNC(=O)C1(NC(=O)OCC2c3ccccc3-c3ccccc32)CCOC1. The van der Waals surface area contributed by atoms with Gasteiger partial charge in [0.05, 0.1) is 13.2 Å². The molecule has 2 aromatic carbocycles. The Morgan fingerprint density at radius 3 is 2.33 bits per heavy atom. The predicted octanol–water partition coefficient (Wildman–Crippen LogP) is 1.90. The number of nitrogens with one attached hydrogen (secondary N) is 2. The number of amides is 2. The first kappa shape index (κ1) is 22.8. The van der Waals surface area contributed by atoms with E-state index in [0.717, 1.165) is 22.3 Å². The normalized spacial score (nSPS) is 18.9. The van der Waals surface area contributed by atoms with Crippen LogP contribution in [0.4, 0.5) is 4.79 Å². The molecule has 2 aliphatic rings. The second-order valence-electron chi connectivity index (χ2n) is 8.04. The number of alkyl carbamates (subject to hydrolysis) is 1. The standard InChI is InChI=1S/C24H26N2O7/c27-21(28)14-31-12-10-25-22(29)24(9-11-32-15-24)26-23(30)33-13-20-18-7-3-1-5-16(18)17-6-2-4-8-19(17)20/h1-8,20H,9-15H2,(H,25,29)(H,26,30)(H,27,28). The summed E-state index contributed by atoms with van der Waals surface area (Å²) in [5.74, 6) is -1.59. The largest absolute Gasteiger partial charge is 0.480 e. The number of carbonyl (C=O) groups is 3. The molecule has 1 fully saturated rings. The highest BCUT2D eigenvalue weighted by atomic mass is 16.6. The van der Waals surface area contributed by atoms with Crippen LogP contribution >= 0.6 is 0 Å². The summed E-state index contributed by atoms with van der Waals surface area (Å²) < 4.78 is 15.9. The van der Waals surface area contributed by atoms with Crippen LogP contribution in [0.15, 0.2) is 48.5 Å². The van der Waals surface area contributed by atoms with Crippen molar-refractivity contribution >= 4 is 18.0 Å². The Kier molecular flexibility index (Phi) is 6.90. The fraction of sp³-hybridized carbons (Fsp3) is 0.375. The van der Waals surface area contributed by atoms with Crippen LogP contribution < -0.4 is 10.6 Å². The van der Waals surface area contributed by atoms with Crippen molar-refractivity contribution in [2.45, 2.75) is 17.9 Å². The molecule has 1 aliphatic heterocycles. The molecule has 174 valence electrons. The summed E-state index contributed by atoms with van der Waals surface area (Å²) in [6.07, 6.45) is -0.390. The minimum absolute atomic E-state index is 0.0268. The third-order valence-electron chi connectivity index (χ3n) is 5.90. The van der Waals surface area contributed by atoms with Gasteiger partial charge in [0.2, 0.25) is 5.91 Å². The number of carboxylic acid groups (broad SMARTS) is 1. The van der Waals surface area contributed by atoms with Gasteiger partial charge in [-0.2, -0.15) is 0 Å². The molecule has 1 unspecified atom stereocenters. The number of aliphatic carboxylic acids is 1. The van der Waals surface area contributed by atoms with Gasteiger partial charge in [-0.25, -0.2) is 9.59 Å². The Balaban J connectivity index is 1.35. The monoisotopic (exact) mass is 454 g/mol. The average molecular weight is 454 g/mol. The number of hydrogen-bond acceptors (Lipinski definition) is 6. The van der Waals surface area contributed by atoms with Gasteiger partial charge in [0, 0.05) is 25.5 Å². The molecule has 0 bridgehead atoms. The molecule has 0 aromatic heterocycles. The van der Waals surface area contributed by atoms with Gasteiger partial charge < -0.3 is 30.0 Å². The second-order valence-corrected chi connectivity index (χ2v) is 8.04. The van der Waals surface area contributed by atoms with Crippen molar-refractivity contribution in [2.75, 3.05) is 39.6 Å². The molecule has 1 aliphatic carbocycles. The van der Waals surface area contributed by atoms with E-state index in [4.69, 9.17) is 19.3 Å². The molecule has 9 nitrogen and oxygen atoms in total. The lowest BCUT2D eigenvalue weighted by atomic mass is 9.97. The Labute approximate surface area is 191 Å². The lowest BCUT2D eigenvalue weighted by Gasteiger charge is -2.27. The number of rotatable bonds is 9. The predicted molar refractivity (Wildman–Crippen MR) is 118 cm³/mol. The number of benzene rings is 2. The number of ether oxygens (including phenoxy) is 3. The molecular formula is C24H26N2O7. The van der Waals surface area contributed by atoms with Crippen LogP contribution in [0.5, 0.6) is 0 Å². The lowest BCUT2D eigenvalue weighted by molar-refractivity contribution is -0.142. The first-order valence-electron chi connectivity index (χ1n) is 10.8. The zero-order valence-electron chi connectivity index (χ0n) is 18.0. The van der Waals surface area contributed by atoms with Crippen LogP contribution in [0.25, 0.3) is 11.1 Å². The Morgan fingerprint density at radius 1 is 1.06 bits per heavy atom. The van der Waals surface area contributed by atoms with E-state index in [2.05, 4.69) is 22.8 Å². The topological polar surface area (TPSA) is 123 Å². The quantitative estimate of drug-likeness (QED) is 0.495. The number of fused-ring (bicyclic) bond motifs is 3. The summed E-state index contributed by atoms with van der Waals surface area (Å²) in [7, 11) is 0. The molecule has 33 heavy (non-hydrogen) atoms. The van der Waals surface area contributed by atoms with E-state index in [9.17, 15) is 14.4 Å². The molecule has 2 amide bonds. The van der Waals surface area contributed by atoms with Crippen molar-refractivity contribution in [1.29, 1.82) is 0 Å². The van der Waals surface area contributed by atoms with E-state index in [-0.39, 0.29) is 32.3 Å². The van der Waals surface area contributed by atoms with Gasteiger partial charge in [-0.1, -0.05) is 48.5 Å². The van der Waals surface area contributed by atoms with Gasteiger partial charge in [-0.05, 0) is 22.3 Å². The summed E-state index contributed by atoms with van der Waals surface area (Å²) in [6.45, 7) is 0.204. The van der Waals surface area contributed by atoms with Crippen molar-refractivity contribution in [1.82, 2.24) is 10.6 Å². The molecule has 2 aromatic rings. The Hall–Kier alpha value is -3.43. The zero-order chi connectivity index (χ0) is 23.3. The van der Waals surface area contributed by atoms with E-state index in [1.165, 1.54) is 0 Å². The molecule has 3 N–H and O–H groups in total. The van der Waals surface area contributed by atoms with Gasteiger partial charge in [-0.3, -0.25) is 4.79 Å². The van der Waals surface area contributed by atoms with E-state index < -0.39 is 30.1 Å². The van der Waals surface area contributed by atoms with Crippen molar-refractivity contribution in [2.24, 2.45) is 0 Å². The van der Waals surface area contributed by atoms with Crippen molar-refractivity contribution < 1.29 is 33.7 Å². The van der Waals surface area contributed by atoms with Gasteiger partial charge >= 0.3 is 12.1 Å². The zero-order valence-corrected chi connectivity index (χ0v) is 18.0. The van der Waals surface area contributed by atoms with E-state index in [1.807, 2.05) is 36.4 Å². The molecule has 9 heteroatoms. The summed E-state index contributed by atoms with van der Waals surface area (Å²) in [6, 6.07) is 16.1. The minimum atomic E-state index is -1.24. The van der Waals surface area contributed by atoms with Crippen LogP contribution in [0.1, 0.15) is 23.5 Å². The molecule has 1 heterocycles. The fourth-order valence-corrected chi connectivity index (χ4v) is 4.29. The van der Waals surface area contributed by atoms with E-state index in [1.54, 1.807) is 0 Å². The van der Waals surface area contributed by atoms with Gasteiger partial charge in [0.15, 0.2) is 0 Å². The van der Waals surface area contributed by atoms with Gasteiger partial charge in [0.25, 0.3) is 0 Å². The molecular weight excluding hydrogens is 428 g/mol. The first-order valence-corrected chi connectivity index (χ1v) is 10.8. The van der Waals surface area contributed by atoms with Crippen molar-refractivity contribution in [3.05, 3.63) is 59.7 Å². The summed E-state index contributed by atoms with van der Waals surface area (Å²) >= 11 is 0. The van der Waals surface area contributed by atoms with Crippen LogP contribution in [-0.4, -0.2) is 68.2 Å². The van der Waals surface area contributed by atoms with Crippen molar-refractivity contribution in [3.8, 4) is 11.1 Å². The number of hydrogen-bond donors (Lipinski definition) is 3. The van der Waals surface area contributed by atoms with E-state index >= 15 is 0 Å². The van der Waals surface area contributed by atoms with Crippen LogP contribution in [0, 0.1) is 0 Å². The highest BCUT2D eigenvalue weighted by molar-refractivity contribution is 5.90. The highest BCUT2D eigenvalue weighted by Gasteiger charge is 2.44. The highest BCUT2D eigenvalue weighted by Crippen LogP contribution is 2.44. The second kappa shape index (κ2) is 10.0. The Bertz CT molecular complexity index is 987. The maximum atomic E-state index is 12.8. The van der Waals surface area contributed by atoms with Gasteiger partial charge in [-0.15, -0.1) is 0 Å². The first-order chi connectivity index (χ1) is 16.0. The number of carboxylic acids is 1. The minimum Gasteiger partial charge on any atom is -0.480 e. The molecule has 1 saturated heterocycles.